The van der Waals surface area contributed by atoms with Crippen LogP contribution >= 0.6 is 23.2 Å². The predicted octanol–water partition coefficient (Wildman–Crippen LogP) is 3.12. The Bertz CT molecular complexity index is 1340. The van der Waals surface area contributed by atoms with Crippen LogP contribution in [0.15, 0.2) is 37.2 Å². The van der Waals surface area contributed by atoms with Crippen LogP contribution in [0.25, 0.3) is 22.2 Å². The second-order valence-electron chi connectivity index (χ2n) is 8.14. The monoisotopic (exact) mass is 545 g/mol. The number of ether oxygens (including phenoxy) is 2. The van der Waals surface area contributed by atoms with Crippen molar-refractivity contribution < 1.29 is 19.1 Å². The van der Waals surface area contributed by atoms with Crippen molar-refractivity contribution in [1.82, 2.24) is 30.5 Å². The molecule has 194 valence electrons. The van der Waals surface area contributed by atoms with Gasteiger partial charge in [0, 0.05) is 43.4 Å². The first kappa shape index (κ1) is 26.2. The molecular weight excluding hydrogens is 521 g/mol. The van der Waals surface area contributed by atoms with Crippen LogP contribution in [0, 0.1) is 0 Å². The molecule has 13 heteroatoms. The molecule has 2 atom stereocenters. The Kier molecular flexibility index (Phi) is 7.84. The van der Waals surface area contributed by atoms with Crippen LogP contribution in [0.4, 0.5) is 10.7 Å². The van der Waals surface area contributed by atoms with Gasteiger partial charge in [-0.2, -0.15) is 0 Å². The average molecular weight is 546 g/mol. The molecule has 1 aliphatic rings. The third-order valence-electron chi connectivity index (χ3n) is 5.94. The van der Waals surface area contributed by atoms with Crippen LogP contribution in [0.2, 0.25) is 10.0 Å². The zero-order valence-corrected chi connectivity index (χ0v) is 21.9. The summed E-state index contributed by atoms with van der Waals surface area (Å²) in [5, 5.41) is 9.96. The fraction of sp³-hybridized carbons (Fsp3) is 0.292. The van der Waals surface area contributed by atoms with Gasteiger partial charge >= 0.3 is 6.03 Å². The van der Waals surface area contributed by atoms with Crippen molar-refractivity contribution in [3.8, 4) is 22.8 Å². The lowest BCUT2D eigenvalue weighted by Gasteiger charge is -2.20. The summed E-state index contributed by atoms with van der Waals surface area (Å²) in [6.07, 6.45) is 4.41. The highest BCUT2D eigenvalue weighted by Gasteiger charge is 2.36. The molecule has 37 heavy (non-hydrogen) atoms. The first-order valence-corrected chi connectivity index (χ1v) is 11.9. The molecular formula is C24H25Cl2N7O4. The summed E-state index contributed by atoms with van der Waals surface area (Å²) < 4.78 is 10.7. The SMILES string of the molecule is C=CC(=O)N[C@H]1CN(C(=O)NC)CC1Nc1ncc2cc(-c3c(Cl)c(OC)cc(OC)c3Cl)ncc2n1. The number of rotatable bonds is 7. The van der Waals surface area contributed by atoms with Gasteiger partial charge in [-0.05, 0) is 12.1 Å². The molecule has 3 N–H and O–H groups in total. The number of anilines is 1. The van der Waals surface area contributed by atoms with E-state index < -0.39 is 0 Å². The number of amides is 3. The van der Waals surface area contributed by atoms with Crippen molar-refractivity contribution in [3.05, 3.63) is 47.2 Å². The maximum Gasteiger partial charge on any atom is 0.317 e. The minimum atomic E-state index is -0.366. The molecule has 4 rings (SSSR count). The number of halogens is 2. The summed E-state index contributed by atoms with van der Waals surface area (Å²) in [6, 6.07) is 2.43. The number of urea groups is 1. The number of hydrogen-bond acceptors (Lipinski definition) is 8. The minimum absolute atomic E-state index is 0.246. The van der Waals surface area contributed by atoms with Gasteiger partial charge in [0.15, 0.2) is 0 Å². The third-order valence-corrected chi connectivity index (χ3v) is 6.69. The van der Waals surface area contributed by atoms with E-state index in [1.165, 1.54) is 20.3 Å². The summed E-state index contributed by atoms with van der Waals surface area (Å²) in [4.78, 5) is 39.1. The second-order valence-corrected chi connectivity index (χ2v) is 8.89. The standard InChI is InChI=1S/C24H25Cl2N7O4/c1-5-19(34)30-15-10-33(24(35)27-2)11-16(15)32-23-29-8-12-6-13(28-9-14(12)31-23)20-21(25)17(36-3)7-18(37-4)22(20)26/h5-9,15-16H,1,10-11H2,2-4H3,(H,27,35)(H,30,34)(H,29,31,32)/t15-,16?/m0/s1. The summed E-state index contributed by atoms with van der Waals surface area (Å²) >= 11 is 13.1. The van der Waals surface area contributed by atoms with Gasteiger partial charge in [0.2, 0.25) is 11.9 Å². The molecule has 1 fully saturated rings. The van der Waals surface area contributed by atoms with Gasteiger partial charge in [0.1, 0.15) is 11.5 Å². The van der Waals surface area contributed by atoms with Crippen LogP contribution in [0.3, 0.4) is 0 Å². The molecule has 0 spiro atoms. The molecule has 0 aliphatic carbocycles. The number of fused-ring (bicyclic) bond motifs is 1. The Hall–Kier alpha value is -3.83. The summed E-state index contributed by atoms with van der Waals surface area (Å²) in [5.74, 6) is 0.785. The van der Waals surface area contributed by atoms with Gasteiger partial charge in [-0.25, -0.2) is 14.8 Å². The van der Waals surface area contributed by atoms with Gasteiger partial charge in [0.05, 0.1) is 53.8 Å². The van der Waals surface area contributed by atoms with Crippen molar-refractivity contribution in [3.63, 3.8) is 0 Å². The third kappa shape index (κ3) is 5.32. The van der Waals surface area contributed by atoms with Crippen molar-refractivity contribution in [2.45, 2.75) is 12.1 Å². The van der Waals surface area contributed by atoms with E-state index in [0.29, 0.717) is 62.7 Å². The van der Waals surface area contributed by atoms with Crippen LogP contribution in [-0.4, -0.2) is 78.2 Å². The average Bonchev–Trinajstić information content (AvgIpc) is 3.30. The largest absolute Gasteiger partial charge is 0.495 e. The summed E-state index contributed by atoms with van der Waals surface area (Å²) in [7, 11) is 4.55. The van der Waals surface area contributed by atoms with Crippen molar-refractivity contribution in [2.75, 3.05) is 39.7 Å². The maximum atomic E-state index is 12.1. The van der Waals surface area contributed by atoms with Crippen LogP contribution in [0.5, 0.6) is 11.5 Å². The first-order valence-electron chi connectivity index (χ1n) is 11.2. The number of methoxy groups -OCH3 is 2. The number of nitrogens with zero attached hydrogens (tertiary/aromatic N) is 4. The van der Waals surface area contributed by atoms with Crippen molar-refractivity contribution in [2.24, 2.45) is 0 Å². The minimum Gasteiger partial charge on any atom is -0.495 e. The number of pyridine rings is 1. The van der Waals surface area contributed by atoms with Gasteiger partial charge in [-0.3, -0.25) is 9.78 Å². The Balaban J connectivity index is 1.63. The number of carbonyl (C=O) groups is 2. The Labute approximate surface area is 223 Å². The fourth-order valence-corrected chi connectivity index (χ4v) is 4.77. The van der Waals surface area contributed by atoms with Gasteiger partial charge in [-0.15, -0.1) is 0 Å². The van der Waals surface area contributed by atoms with E-state index in [4.69, 9.17) is 32.7 Å². The van der Waals surface area contributed by atoms with Crippen LogP contribution in [-0.2, 0) is 4.79 Å². The highest BCUT2D eigenvalue weighted by Crippen LogP contribution is 2.45. The molecule has 11 nitrogen and oxygen atoms in total. The normalized spacial score (nSPS) is 16.8. The van der Waals surface area contributed by atoms with Gasteiger partial charge in [-0.1, -0.05) is 29.8 Å². The molecule has 1 unspecified atom stereocenters. The second kappa shape index (κ2) is 11.1. The van der Waals surface area contributed by atoms with Crippen molar-refractivity contribution in [1.29, 1.82) is 0 Å². The van der Waals surface area contributed by atoms with Crippen LogP contribution < -0.4 is 25.4 Å². The maximum absolute atomic E-state index is 12.1. The Morgan fingerprint density at radius 3 is 2.38 bits per heavy atom. The van der Waals surface area contributed by atoms with E-state index in [0.717, 1.165) is 0 Å². The zero-order chi connectivity index (χ0) is 26.7. The summed E-state index contributed by atoms with van der Waals surface area (Å²) in [5.41, 5.74) is 1.52. The van der Waals surface area contributed by atoms with Gasteiger partial charge in [0.25, 0.3) is 0 Å². The van der Waals surface area contributed by atoms with Crippen LogP contribution in [0.1, 0.15) is 0 Å². The molecule has 0 radical (unpaired) electrons. The lowest BCUT2D eigenvalue weighted by molar-refractivity contribution is -0.117. The topological polar surface area (TPSA) is 131 Å². The number of hydrogen-bond donors (Lipinski definition) is 3. The molecule has 2 aromatic heterocycles. The molecule has 1 aromatic carbocycles. The van der Waals surface area contributed by atoms with E-state index in [2.05, 4.69) is 37.5 Å². The Morgan fingerprint density at radius 2 is 1.76 bits per heavy atom. The number of benzene rings is 1. The molecule has 1 saturated heterocycles. The van der Waals surface area contributed by atoms with E-state index in [9.17, 15) is 9.59 Å². The molecule has 3 aromatic rings. The Morgan fingerprint density at radius 1 is 1.08 bits per heavy atom. The fourth-order valence-electron chi connectivity index (χ4n) is 4.08. The molecule has 0 bridgehead atoms. The highest BCUT2D eigenvalue weighted by molar-refractivity contribution is 6.41. The van der Waals surface area contributed by atoms with E-state index >= 15 is 0 Å². The van der Waals surface area contributed by atoms with Crippen molar-refractivity contribution >= 4 is 52.0 Å². The quantitative estimate of drug-likeness (QED) is 0.386. The number of nitrogens with one attached hydrogen (secondary N) is 3. The van der Waals surface area contributed by atoms with E-state index in [-0.39, 0.29) is 24.0 Å². The highest BCUT2D eigenvalue weighted by atomic mass is 35.5. The van der Waals surface area contributed by atoms with Gasteiger partial charge < -0.3 is 30.3 Å². The smallest absolute Gasteiger partial charge is 0.317 e. The molecule has 3 amide bonds. The molecule has 0 saturated carbocycles. The number of aromatic nitrogens is 3. The predicted molar refractivity (Wildman–Crippen MR) is 141 cm³/mol. The van der Waals surface area contributed by atoms with E-state index in [1.807, 2.05) is 0 Å². The lowest BCUT2D eigenvalue weighted by atomic mass is 10.1. The molecule has 3 heterocycles. The lowest BCUT2D eigenvalue weighted by Crippen LogP contribution is -2.45. The molecule has 1 aliphatic heterocycles. The number of carbonyl (C=O) groups excluding carboxylic acids is 2. The number of likely N-dealkylation sites (tertiary alicyclic amines) is 1. The first-order chi connectivity index (χ1) is 17.8. The summed E-state index contributed by atoms with van der Waals surface area (Å²) in [6.45, 7) is 4.15. The van der Waals surface area contributed by atoms with E-state index in [1.54, 1.807) is 36.5 Å². The zero-order valence-electron chi connectivity index (χ0n) is 20.3.